The van der Waals surface area contributed by atoms with Gasteiger partial charge in [0.15, 0.2) is 0 Å². The summed E-state index contributed by atoms with van der Waals surface area (Å²) in [7, 11) is 2.99. The number of carbonyl (C=O) groups excluding carboxylic acids is 1. The summed E-state index contributed by atoms with van der Waals surface area (Å²) in [6, 6.07) is 3.60. The third-order valence-corrected chi connectivity index (χ3v) is 2.38. The molecule has 16 heavy (non-hydrogen) atoms. The van der Waals surface area contributed by atoms with Crippen LogP contribution in [0.1, 0.15) is 19.5 Å². The monoisotopic (exact) mass is 223 g/mol. The molecule has 4 nitrogen and oxygen atoms in total. The molecule has 0 aliphatic heterocycles. The van der Waals surface area contributed by atoms with Gasteiger partial charge in [-0.1, -0.05) is 0 Å². The molecule has 88 valence electrons. The molecule has 0 atom stereocenters. The van der Waals surface area contributed by atoms with Gasteiger partial charge in [0.1, 0.15) is 5.75 Å². The zero-order valence-corrected chi connectivity index (χ0v) is 10.1. The van der Waals surface area contributed by atoms with Crippen molar-refractivity contribution < 1.29 is 14.3 Å². The van der Waals surface area contributed by atoms with E-state index in [4.69, 9.17) is 9.47 Å². The first-order chi connectivity index (χ1) is 7.49. The van der Waals surface area contributed by atoms with Crippen LogP contribution in [0.3, 0.4) is 0 Å². The number of nitrogens with zero attached hydrogens (tertiary/aromatic N) is 1. The summed E-state index contributed by atoms with van der Waals surface area (Å²) in [5.41, 5.74) is 0.239. The Balaban J connectivity index is 2.83. The molecule has 0 aliphatic rings. The van der Waals surface area contributed by atoms with Gasteiger partial charge in [-0.3, -0.25) is 9.78 Å². The molecule has 0 saturated carbocycles. The second-order valence-electron chi connectivity index (χ2n) is 4.24. The van der Waals surface area contributed by atoms with Crippen molar-refractivity contribution in [1.82, 2.24) is 4.98 Å². The SMILES string of the molecule is COC(=O)C(C)(C)Cc1cc(OC)ccn1. The third-order valence-electron chi connectivity index (χ3n) is 2.38. The number of hydrogen-bond donors (Lipinski definition) is 0. The Morgan fingerprint density at radius 2 is 2.12 bits per heavy atom. The van der Waals surface area contributed by atoms with Crippen molar-refractivity contribution in [1.29, 1.82) is 0 Å². The molecule has 0 radical (unpaired) electrons. The fourth-order valence-electron chi connectivity index (χ4n) is 1.48. The summed E-state index contributed by atoms with van der Waals surface area (Å²) in [5, 5.41) is 0. The van der Waals surface area contributed by atoms with Crippen LogP contribution >= 0.6 is 0 Å². The van der Waals surface area contributed by atoms with Crippen molar-refractivity contribution in [2.75, 3.05) is 14.2 Å². The summed E-state index contributed by atoms with van der Waals surface area (Å²) < 4.78 is 9.85. The first kappa shape index (κ1) is 12.5. The highest BCUT2D eigenvalue weighted by molar-refractivity contribution is 5.76. The van der Waals surface area contributed by atoms with E-state index >= 15 is 0 Å². The van der Waals surface area contributed by atoms with Gasteiger partial charge in [0.05, 0.1) is 19.6 Å². The Morgan fingerprint density at radius 1 is 1.44 bits per heavy atom. The maximum atomic E-state index is 11.5. The molecule has 0 aromatic carbocycles. The summed E-state index contributed by atoms with van der Waals surface area (Å²) >= 11 is 0. The smallest absolute Gasteiger partial charge is 0.311 e. The van der Waals surface area contributed by atoms with Crippen molar-refractivity contribution in [3.8, 4) is 5.75 Å². The zero-order valence-electron chi connectivity index (χ0n) is 10.1. The van der Waals surface area contributed by atoms with Crippen LogP contribution in [0.2, 0.25) is 0 Å². The molecule has 0 amide bonds. The van der Waals surface area contributed by atoms with Gasteiger partial charge in [-0.15, -0.1) is 0 Å². The molecule has 1 rings (SSSR count). The van der Waals surface area contributed by atoms with Crippen molar-refractivity contribution >= 4 is 5.97 Å². The summed E-state index contributed by atoms with van der Waals surface area (Å²) in [4.78, 5) is 15.7. The first-order valence-electron chi connectivity index (χ1n) is 5.07. The van der Waals surface area contributed by atoms with Crippen LogP contribution < -0.4 is 4.74 Å². The Morgan fingerprint density at radius 3 is 2.69 bits per heavy atom. The molecule has 0 unspecified atom stereocenters. The lowest BCUT2D eigenvalue weighted by Gasteiger charge is -2.20. The molecule has 0 spiro atoms. The minimum atomic E-state index is -0.575. The number of hydrogen-bond acceptors (Lipinski definition) is 4. The van der Waals surface area contributed by atoms with Crippen LogP contribution in [0.25, 0.3) is 0 Å². The van der Waals surface area contributed by atoms with Gasteiger partial charge in [0.25, 0.3) is 0 Å². The Labute approximate surface area is 95.6 Å². The molecule has 4 heteroatoms. The Hall–Kier alpha value is -1.58. The Bertz CT molecular complexity index is 374. The van der Waals surface area contributed by atoms with Gasteiger partial charge in [-0.05, 0) is 19.9 Å². The minimum Gasteiger partial charge on any atom is -0.497 e. The largest absolute Gasteiger partial charge is 0.497 e. The molecule has 1 heterocycles. The molecule has 1 aromatic rings. The molecule has 0 saturated heterocycles. The van der Waals surface area contributed by atoms with E-state index in [1.165, 1.54) is 7.11 Å². The highest BCUT2D eigenvalue weighted by Crippen LogP contribution is 2.23. The lowest BCUT2D eigenvalue weighted by Crippen LogP contribution is -2.28. The van der Waals surface area contributed by atoms with E-state index in [1.54, 1.807) is 19.4 Å². The molecule has 0 N–H and O–H groups in total. The number of aromatic nitrogens is 1. The predicted octanol–water partition coefficient (Wildman–Crippen LogP) is 1.83. The van der Waals surface area contributed by atoms with E-state index in [-0.39, 0.29) is 5.97 Å². The van der Waals surface area contributed by atoms with Crippen LogP contribution in [-0.4, -0.2) is 25.2 Å². The third kappa shape index (κ3) is 2.95. The number of pyridine rings is 1. The summed E-state index contributed by atoms with van der Waals surface area (Å²) in [5.74, 6) is 0.503. The molecule has 0 bridgehead atoms. The second kappa shape index (κ2) is 4.96. The first-order valence-corrected chi connectivity index (χ1v) is 5.07. The average Bonchev–Trinajstić information content (AvgIpc) is 2.27. The van der Waals surface area contributed by atoms with Gasteiger partial charge >= 0.3 is 5.97 Å². The van der Waals surface area contributed by atoms with Gasteiger partial charge in [0.2, 0.25) is 0 Å². The quantitative estimate of drug-likeness (QED) is 0.731. The van der Waals surface area contributed by atoms with Crippen LogP contribution in [-0.2, 0) is 16.0 Å². The molecule has 0 aliphatic carbocycles. The number of rotatable bonds is 4. The zero-order chi connectivity index (χ0) is 12.2. The van der Waals surface area contributed by atoms with Gasteiger partial charge in [-0.25, -0.2) is 0 Å². The van der Waals surface area contributed by atoms with Crippen LogP contribution in [0.4, 0.5) is 0 Å². The summed E-state index contributed by atoms with van der Waals surface area (Å²) in [6.45, 7) is 3.67. The van der Waals surface area contributed by atoms with Gasteiger partial charge in [-0.2, -0.15) is 0 Å². The normalized spacial score (nSPS) is 11.0. The van der Waals surface area contributed by atoms with Gasteiger partial charge in [0, 0.05) is 24.4 Å². The Kier molecular flexibility index (Phi) is 3.88. The van der Waals surface area contributed by atoms with Crippen molar-refractivity contribution in [3.05, 3.63) is 24.0 Å². The van der Waals surface area contributed by atoms with E-state index in [0.717, 1.165) is 11.4 Å². The van der Waals surface area contributed by atoms with Crippen LogP contribution in [0.15, 0.2) is 18.3 Å². The molecule has 0 fully saturated rings. The lowest BCUT2D eigenvalue weighted by molar-refractivity contribution is -0.150. The lowest BCUT2D eigenvalue weighted by atomic mass is 9.88. The van der Waals surface area contributed by atoms with Crippen LogP contribution in [0.5, 0.6) is 5.75 Å². The fourth-order valence-corrected chi connectivity index (χ4v) is 1.48. The van der Waals surface area contributed by atoms with E-state index in [0.29, 0.717) is 6.42 Å². The van der Waals surface area contributed by atoms with Gasteiger partial charge < -0.3 is 9.47 Å². The highest BCUT2D eigenvalue weighted by atomic mass is 16.5. The molecule has 1 aromatic heterocycles. The fraction of sp³-hybridized carbons (Fsp3) is 0.500. The highest BCUT2D eigenvalue weighted by Gasteiger charge is 2.29. The van der Waals surface area contributed by atoms with E-state index in [9.17, 15) is 4.79 Å². The number of methoxy groups -OCH3 is 2. The van der Waals surface area contributed by atoms with Crippen molar-refractivity contribution in [3.63, 3.8) is 0 Å². The number of carbonyl (C=O) groups is 1. The minimum absolute atomic E-state index is 0.239. The van der Waals surface area contributed by atoms with Crippen molar-refractivity contribution in [2.24, 2.45) is 5.41 Å². The van der Waals surface area contributed by atoms with Crippen molar-refractivity contribution in [2.45, 2.75) is 20.3 Å². The predicted molar refractivity (Wildman–Crippen MR) is 60.3 cm³/mol. The summed E-state index contributed by atoms with van der Waals surface area (Å²) in [6.07, 6.45) is 2.19. The average molecular weight is 223 g/mol. The van der Waals surface area contributed by atoms with E-state index in [1.807, 2.05) is 19.9 Å². The second-order valence-corrected chi connectivity index (χ2v) is 4.24. The topological polar surface area (TPSA) is 48.4 Å². The van der Waals surface area contributed by atoms with E-state index in [2.05, 4.69) is 4.98 Å². The standard InChI is InChI=1S/C12H17NO3/c1-12(2,11(14)16-4)8-9-7-10(15-3)5-6-13-9/h5-7H,8H2,1-4H3. The molecular formula is C12H17NO3. The maximum Gasteiger partial charge on any atom is 0.311 e. The molecular weight excluding hydrogens is 206 g/mol. The number of ether oxygens (including phenoxy) is 2. The number of esters is 1. The van der Waals surface area contributed by atoms with E-state index < -0.39 is 5.41 Å². The van der Waals surface area contributed by atoms with Crippen LogP contribution in [0, 0.1) is 5.41 Å². The maximum absolute atomic E-state index is 11.5.